The summed E-state index contributed by atoms with van der Waals surface area (Å²) in [5, 5.41) is 0.290. The molecule has 0 aliphatic rings. The third-order valence-electron chi connectivity index (χ3n) is 3.82. The number of allylic oxidation sites excluding steroid dienone is 2. The summed E-state index contributed by atoms with van der Waals surface area (Å²) in [6.45, 7) is 16.7. The third-order valence-corrected chi connectivity index (χ3v) is 9.10. The molecule has 0 aliphatic carbocycles. The molecule has 1 nitrogen and oxygen atoms in total. The van der Waals surface area contributed by atoms with Crippen LogP contribution in [0.5, 0.6) is 0 Å². The van der Waals surface area contributed by atoms with E-state index in [-0.39, 0.29) is 0 Å². The van der Waals surface area contributed by atoms with Gasteiger partial charge in [0.05, 0.1) is 6.61 Å². The molecule has 0 radical (unpaired) electrons. The van der Waals surface area contributed by atoms with Crippen molar-refractivity contribution >= 4 is 30.9 Å². The topological polar surface area (TPSA) is 9.23 Å². The summed E-state index contributed by atoms with van der Waals surface area (Å²) in [4.78, 5) is 0. The predicted molar refractivity (Wildman–Crippen MR) is 93.9 cm³/mol. The Morgan fingerprint density at radius 3 is 2.06 bits per heavy atom. The van der Waals surface area contributed by atoms with Crippen LogP contribution < -0.4 is 0 Å². The largest absolute Gasteiger partial charge is 0.413 e. The van der Waals surface area contributed by atoms with Crippen molar-refractivity contribution in [2.24, 2.45) is 0 Å². The first-order valence-corrected chi connectivity index (χ1v) is 11.0. The molecule has 0 aromatic rings. The zero-order valence-corrected chi connectivity index (χ0v) is 16.2. The van der Waals surface area contributed by atoms with Gasteiger partial charge in [-0.2, -0.15) is 0 Å². The maximum atomic E-state index is 6.28. The van der Waals surface area contributed by atoms with Gasteiger partial charge in [0.1, 0.15) is 0 Å². The van der Waals surface area contributed by atoms with E-state index in [0.29, 0.717) is 5.04 Å². The highest BCUT2D eigenvalue weighted by atomic mass is 127. The predicted octanol–water partition coefficient (Wildman–Crippen LogP) is 6.07. The first kappa shape index (κ1) is 18.4. The van der Waals surface area contributed by atoms with Crippen LogP contribution >= 0.6 is 22.6 Å². The monoisotopic (exact) mass is 380 g/mol. The molecule has 0 spiro atoms. The molecule has 0 bridgehead atoms. The molecular weight excluding hydrogens is 351 g/mol. The van der Waals surface area contributed by atoms with Gasteiger partial charge in [0.2, 0.25) is 0 Å². The lowest BCUT2D eigenvalue weighted by Gasteiger charge is -2.36. The molecule has 0 heterocycles. The van der Waals surface area contributed by atoms with Crippen LogP contribution in [0.1, 0.15) is 47.5 Å². The van der Waals surface area contributed by atoms with Crippen LogP contribution in [0.4, 0.5) is 0 Å². The van der Waals surface area contributed by atoms with Crippen molar-refractivity contribution in [2.75, 3.05) is 6.61 Å². The Hall–Kier alpha value is 0.387. The lowest BCUT2D eigenvalue weighted by molar-refractivity contribution is 0.315. The highest BCUT2D eigenvalue weighted by Crippen LogP contribution is 2.36. The van der Waals surface area contributed by atoms with Crippen LogP contribution in [0.15, 0.2) is 21.3 Å². The van der Waals surface area contributed by atoms with Crippen LogP contribution in [0, 0.1) is 0 Å². The summed E-state index contributed by atoms with van der Waals surface area (Å²) >= 11 is 2.32. The minimum atomic E-state index is -1.62. The Bertz CT molecular complexity index is 311. The fraction of sp³-hybridized carbons (Fsp3) is 0.733. The number of hydrogen-bond acceptors (Lipinski definition) is 1. The van der Waals surface area contributed by atoms with E-state index in [4.69, 9.17) is 4.43 Å². The molecule has 0 N–H and O–H groups in total. The molecule has 0 amide bonds. The van der Waals surface area contributed by atoms with Gasteiger partial charge in [0, 0.05) is 0 Å². The molecule has 0 aromatic heterocycles. The van der Waals surface area contributed by atoms with Gasteiger partial charge >= 0.3 is 0 Å². The van der Waals surface area contributed by atoms with Crippen molar-refractivity contribution in [3.63, 3.8) is 0 Å². The second-order valence-corrected chi connectivity index (χ2v) is 11.7. The lowest BCUT2D eigenvalue weighted by atomic mass is 10.1. The fourth-order valence-electron chi connectivity index (χ4n) is 1.21. The van der Waals surface area contributed by atoms with E-state index in [9.17, 15) is 0 Å². The molecular formula is C15H29IOSi. The van der Waals surface area contributed by atoms with Gasteiger partial charge in [-0.15, -0.1) is 0 Å². The molecule has 3 heteroatoms. The molecule has 0 aromatic carbocycles. The number of halogens is 1. The molecule has 0 atom stereocenters. The highest BCUT2D eigenvalue weighted by Gasteiger charge is 2.37. The highest BCUT2D eigenvalue weighted by molar-refractivity contribution is 14.1. The maximum Gasteiger partial charge on any atom is 0.192 e. The molecule has 18 heavy (non-hydrogen) atoms. The van der Waals surface area contributed by atoms with Crippen LogP contribution in [0.2, 0.25) is 18.1 Å². The normalized spacial score (nSPS) is 15.1. The summed E-state index contributed by atoms with van der Waals surface area (Å²) in [6, 6.07) is 0. The molecule has 106 valence electrons. The van der Waals surface area contributed by atoms with Crippen LogP contribution in [-0.4, -0.2) is 14.9 Å². The zero-order valence-electron chi connectivity index (χ0n) is 13.1. The third kappa shape index (κ3) is 6.02. The van der Waals surface area contributed by atoms with Gasteiger partial charge < -0.3 is 4.43 Å². The number of rotatable bonds is 6. The first-order chi connectivity index (χ1) is 8.17. The Balaban J connectivity index is 4.69. The Kier molecular flexibility index (Phi) is 8.02. The van der Waals surface area contributed by atoms with Gasteiger partial charge in [-0.1, -0.05) is 63.3 Å². The molecule has 0 aliphatic heterocycles. The Morgan fingerprint density at radius 2 is 1.72 bits per heavy atom. The van der Waals surface area contributed by atoms with E-state index in [1.165, 1.54) is 11.1 Å². The van der Waals surface area contributed by atoms with E-state index in [1.54, 1.807) is 0 Å². The van der Waals surface area contributed by atoms with Crippen molar-refractivity contribution in [3.05, 3.63) is 21.3 Å². The van der Waals surface area contributed by atoms with E-state index < -0.39 is 8.32 Å². The van der Waals surface area contributed by atoms with Crippen LogP contribution in [0.3, 0.4) is 0 Å². The minimum Gasteiger partial charge on any atom is -0.413 e. The maximum absolute atomic E-state index is 6.28. The summed E-state index contributed by atoms with van der Waals surface area (Å²) < 4.78 is 8.44. The quantitative estimate of drug-likeness (QED) is 0.309. The average molecular weight is 380 g/mol. The molecule has 0 saturated heterocycles. The van der Waals surface area contributed by atoms with E-state index >= 15 is 0 Å². The summed E-state index contributed by atoms with van der Waals surface area (Å²) in [5.41, 5.74) is 2.80. The summed E-state index contributed by atoms with van der Waals surface area (Å²) in [5.74, 6) is 0. The van der Waals surface area contributed by atoms with Gasteiger partial charge in [-0.05, 0) is 46.2 Å². The van der Waals surface area contributed by atoms with Gasteiger partial charge in [0.15, 0.2) is 8.32 Å². The van der Waals surface area contributed by atoms with Gasteiger partial charge in [-0.3, -0.25) is 0 Å². The molecule has 0 saturated carbocycles. The van der Waals surface area contributed by atoms with E-state index in [2.05, 4.69) is 80.5 Å². The Morgan fingerprint density at radius 1 is 1.17 bits per heavy atom. The van der Waals surface area contributed by atoms with Crippen LogP contribution in [-0.2, 0) is 4.43 Å². The second kappa shape index (κ2) is 7.85. The van der Waals surface area contributed by atoms with Crippen molar-refractivity contribution in [2.45, 2.75) is 65.6 Å². The van der Waals surface area contributed by atoms with Crippen molar-refractivity contribution in [1.29, 1.82) is 0 Å². The van der Waals surface area contributed by atoms with Crippen molar-refractivity contribution < 1.29 is 4.43 Å². The lowest BCUT2D eigenvalue weighted by Crippen LogP contribution is -2.41. The first-order valence-electron chi connectivity index (χ1n) is 6.80. The zero-order chi connectivity index (χ0) is 14.4. The van der Waals surface area contributed by atoms with Crippen molar-refractivity contribution in [3.8, 4) is 0 Å². The minimum absolute atomic E-state index is 0.290. The van der Waals surface area contributed by atoms with Crippen LogP contribution in [0.25, 0.3) is 0 Å². The summed E-state index contributed by atoms with van der Waals surface area (Å²) in [6.07, 6.45) is 4.47. The van der Waals surface area contributed by atoms with E-state index in [1.807, 2.05) is 0 Å². The standard InChI is InChI=1S/C15H29IOSi/c1-8-13(11-16)10-14(9-2)12-17-18(6,7)15(3,4)5/h10-11H,8-9,12H2,1-7H3/b13-11+,14-10+. The number of hydrogen-bond donors (Lipinski definition) is 0. The fourth-order valence-corrected chi connectivity index (χ4v) is 2.81. The van der Waals surface area contributed by atoms with E-state index in [0.717, 1.165) is 19.4 Å². The smallest absolute Gasteiger partial charge is 0.192 e. The second-order valence-electron chi connectivity index (χ2n) is 6.24. The molecule has 0 fully saturated rings. The molecule has 0 rings (SSSR count). The SMILES string of the molecule is CCC(=C\I)/C=C(\CC)CO[Si](C)(C)C(C)(C)C. The average Bonchev–Trinajstić information content (AvgIpc) is 2.28. The molecule has 0 unspecified atom stereocenters. The van der Waals surface area contributed by atoms with Gasteiger partial charge in [-0.25, -0.2) is 0 Å². The van der Waals surface area contributed by atoms with Gasteiger partial charge in [0.25, 0.3) is 0 Å². The Labute approximate surface area is 128 Å². The van der Waals surface area contributed by atoms with Crippen molar-refractivity contribution in [1.82, 2.24) is 0 Å². The summed E-state index contributed by atoms with van der Waals surface area (Å²) in [7, 11) is -1.62.